The molecule has 0 spiro atoms. The lowest BCUT2D eigenvalue weighted by Crippen LogP contribution is -2.24. The highest BCUT2D eigenvalue weighted by Crippen LogP contribution is 2.19. The van der Waals surface area contributed by atoms with E-state index in [-0.39, 0.29) is 11.8 Å². The number of carbonyl (C=O) groups is 1. The fourth-order valence-electron chi connectivity index (χ4n) is 1.66. The topological polar surface area (TPSA) is 29.4 Å². The van der Waals surface area contributed by atoms with Gasteiger partial charge in [0.05, 0.1) is 0 Å². The SMILES string of the molecule is CC1=NC(C)C(=O)c2ccccc21. The summed E-state index contributed by atoms with van der Waals surface area (Å²) in [5, 5.41) is 0. The Bertz CT molecular complexity index is 393. The molecule has 0 saturated carbocycles. The van der Waals surface area contributed by atoms with E-state index in [9.17, 15) is 4.79 Å². The minimum atomic E-state index is -0.213. The zero-order valence-electron chi connectivity index (χ0n) is 7.74. The molecule has 2 heteroatoms. The van der Waals surface area contributed by atoms with Crippen LogP contribution in [0.15, 0.2) is 29.3 Å². The van der Waals surface area contributed by atoms with Crippen LogP contribution in [0.2, 0.25) is 0 Å². The molecule has 0 fully saturated rings. The minimum Gasteiger partial charge on any atom is -0.292 e. The molecule has 1 aliphatic rings. The number of nitrogens with zero attached hydrogens (tertiary/aromatic N) is 1. The van der Waals surface area contributed by atoms with Crippen LogP contribution in [0.4, 0.5) is 0 Å². The Morgan fingerprint density at radius 2 is 1.85 bits per heavy atom. The number of rotatable bonds is 0. The third kappa shape index (κ3) is 1.18. The van der Waals surface area contributed by atoms with Gasteiger partial charge >= 0.3 is 0 Å². The molecule has 0 radical (unpaired) electrons. The van der Waals surface area contributed by atoms with Crippen molar-refractivity contribution in [2.45, 2.75) is 19.9 Å². The van der Waals surface area contributed by atoms with Crippen molar-refractivity contribution in [1.82, 2.24) is 0 Å². The predicted molar refractivity (Wildman–Crippen MR) is 52.4 cm³/mol. The molecule has 66 valence electrons. The Labute approximate surface area is 77.3 Å². The Morgan fingerprint density at radius 3 is 2.54 bits per heavy atom. The van der Waals surface area contributed by atoms with Gasteiger partial charge in [-0.2, -0.15) is 0 Å². The Kier molecular flexibility index (Phi) is 1.76. The molecular weight excluding hydrogens is 162 g/mol. The molecule has 1 atom stereocenters. The molecule has 1 aromatic carbocycles. The highest BCUT2D eigenvalue weighted by atomic mass is 16.1. The average molecular weight is 173 g/mol. The summed E-state index contributed by atoms with van der Waals surface area (Å²) in [6.45, 7) is 3.78. The van der Waals surface area contributed by atoms with E-state index >= 15 is 0 Å². The maximum atomic E-state index is 11.7. The summed E-state index contributed by atoms with van der Waals surface area (Å²) >= 11 is 0. The Hall–Kier alpha value is -1.44. The molecule has 0 amide bonds. The number of carbonyl (C=O) groups excluding carboxylic acids is 1. The number of ketones is 1. The van der Waals surface area contributed by atoms with E-state index in [1.165, 1.54) is 0 Å². The molecule has 2 nitrogen and oxygen atoms in total. The second kappa shape index (κ2) is 2.80. The van der Waals surface area contributed by atoms with Crippen LogP contribution in [0.3, 0.4) is 0 Å². The lowest BCUT2D eigenvalue weighted by molar-refractivity contribution is 0.0966. The summed E-state index contributed by atoms with van der Waals surface area (Å²) in [5.74, 6) is 0.126. The number of fused-ring (bicyclic) bond motifs is 1. The van der Waals surface area contributed by atoms with Gasteiger partial charge in [0.25, 0.3) is 0 Å². The molecule has 13 heavy (non-hydrogen) atoms. The van der Waals surface area contributed by atoms with E-state index in [0.29, 0.717) is 0 Å². The van der Waals surface area contributed by atoms with Crippen molar-refractivity contribution < 1.29 is 4.79 Å². The Morgan fingerprint density at radius 1 is 1.23 bits per heavy atom. The van der Waals surface area contributed by atoms with E-state index in [1.807, 2.05) is 38.1 Å². The normalized spacial score (nSPS) is 20.9. The highest BCUT2D eigenvalue weighted by Gasteiger charge is 2.22. The maximum absolute atomic E-state index is 11.7. The maximum Gasteiger partial charge on any atom is 0.187 e. The summed E-state index contributed by atoms with van der Waals surface area (Å²) in [6.07, 6.45) is 0. The Balaban J connectivity index is 2.65. The second-order valence-corrected chi connectivity index (χ2v) is 3.30. The number of Topliss-reactive ketones (excluding diaryl/α,β-unsaturated/α-hetero) is 1. The zero-order chi connectivity index (χ0) is 9.42. The predicted octanol–water partition coefficient (Wildman–Crippen LogP) is 2.08. The first kappa shape index (κ1) is 8.17. The number of aliphatic imine (C=N–C) groups is 1. The van der Waals surface area contributed by atoms with Crippen molar-refractivity contribution in [1.29, 1.82) is 0 Å². The van der Waals surface area contributed by atoms with Gasteiger partial charge in [0, 0.05) is 16.8 Å². The van der Waals surface area contributed by atoms with Crippen LogP contribution >= 0.6 is 0 Å². The van der Waals surface area contributed by atoms with Gasteiger partial charge in [-0.1, -0.05) is 24.3 Å². The monoisotopic (exact) mass is 173 g/mol. The van der Waals surface area contributed by atoms with E-state index in [2.05, 4.69) is 4.99 Å². The first-order chi connectivity index (χ1) is 6.20. The minimum absolute atomic E-state index is 0.126. The molecular formula is C11H11NO. The third-order valence-corrected chi connectivity index (χ3v) is 2.35. The van der Waals surface area contributed by atoms with Gasteiger partial charge in [-0.25, -0.2) is 0 Å². The van der Waals surface area contributed by atoms with Crippen LogP contribution in [0.1, 0.15) is 29.8 Å². The van der Waals surface area contributed by atoms with Gasteiger partial charge in [0.2, 0.25) is 0 Å². The summed E-state index contributed by atoms with van der Waals surface area (Å²) in [7, 11) is 0. The van der Waals surface area contributed by atoms with E-state index in [1.54, 1.807) is 0 Å². The van der Waals surface area contributed by atoms with Crippen LogP contribution in [-0.2, 0) is 0 Å². The molecule has 0 bridgehead atoms. The summed E-state index contributed by atoms with van der Waals surface area (Å²) in [4.78, 5) is 15.9. The van der Waals surface area contributed by atoms with Gasteiger partial charge in [-0.05, 0) is 13.8 Å². The fraction of sp³-hybridized carbons (Fsp3) is 0.273. The molecule has 1 heterocycles. The van der Waals surface area contributed by atoms with Crippen LogP contribution < -0.4 is 0 Å². The van der Waals surface area contributed by atoms with Crippen molar-refractivity contribution in [3.63, 3.8) is 0 Å². The second-order valence-electron chi connectivity index (χ2n) is 3.30. The summed E-state index contributed by atoms with van der Waals surface area (Å²) < 4.78 is 0. The molecule has 0 aliphatic carbocycles. The third-order valence-electron chi connectivity index (χ3n) is 2.35. The van der Waals surface area contributed by atoms with Gasteiger partial charge < -0.3 is 0 Å². The highest BCUT2D eigenvalue weighted by molar-refractivity contribution is 6.15. The first-order valence-electron chi connectivity index (χ1n) is 4.38. The van der Waals surface area contributed by atoms with Crippen molar-refractivity contribution >= 4 is 11.5 Å². The molecule has 1 aliphatic heterocycles. The molecule has 0 N–H and O–H groups in total. The molecule has 1 unspecified atom stereocenters. The van der Waals surface area contributed by atoms with Crippen LogP contribution in [-0.4, -0.2) is 17.5 Å². The molecule has 1 aromatic rings. The van der Waals surface area contributed by atoms with Gasteiger partial charge in [0.15, 0.2) is 5.78 Å². The number of hydrogen-bond acceptors (Lipinski definition) is 2. The van der Waals surface area contributed by atoms with Crippen LogP contribution in [0, 0.1) is 0 Å². The van der Waals surface area contributed by atoms with E-state index in [0.717, 1.165) is 16.8 Å². The first-order valence-corrected chi connectivity index (χ1v) is 4.38. The van der Waals surface area contributed by atoms with Crippen LogP contribution in [0.25, 0.3) is 0 Å². The van der Waals surface area contributed by atoms with Gasteiger partial charge in [-0.3, -0.25) is 9.79 Å². The van der Waals surface area contributed by atoms with Crippen molar-refractivity contribution in [3.8, 4) is 0 Å². The van der Waals surface area contributed by atoms with E-state index < -0.39 is 0 Å². The van der Waals surface area contributed by atoms with Crippen molar-refractivity contribution in [2.24, 2.45) is 4.99 Å². The molecule has 2 rings (SSSR count). The molecule has 0 aromatic heterocycles. The van der Waals surface area contributed by atoms with Crippen molar-refractivity contribution in [2.75, 3.05) is 0 Å². The lowest BCUT2D eigenvalue weighted by atomic mass is 9.94. The van der Waals surface area contributed by atoms with E-state index in [4.69, 9.17) is 0 Å². The van der Waals surface area contributed by atoms with Crippen LogP contribution in [0.5, 0.6) is 0 Å². The number of benzene rings is 1. The average Bonchev–Trinajstić information content (AvgIpc) is 2.15. The van der Waals surface area contributed by atoms with Crippen molar-refractivity contribution in [3.05, 3.63) is 35.4 Å². The van der Waals surface area contributed by atoms with Gasteiger partial charge in [0.1, 0.15) is 6.04 Å². The quantitative estimate of drug-likeness (QED) is 0.590. The summed E-state index contributed by atoms with van der Waals surface area (Å²) in [5.41, 5.74) is 2.75. The zero-order valence-corrected chi connectivity index (χ0v) is 7.74. The molecule has 0 saturated heterocycles. The lowest BCUT2D eigenvalue weighted by Gasteiger charge is -2.17. The van der Waals surface area contributed by atoms with Gasteiger partial charge in [-0.15, -0.1) is 0 Å². The smallest absolute Gasteiger partial charge is 0.187 e. The fourth-order valence-corrected chi connectivity index (χ4v) is 1.66. The largest absolute Gasteiger partial charge is 0.292 e. The summed E-state index contributed by atoms with van der Waals surface area (Å²) in [6, 6.07) is 7.42. The number of hydrogen-bond donors (Lipinski definition) is 0. The standard InChI is InChI=1S/C11H11NO/c1-7-9-5-3-4-6-10(9)11(13)8(2)12-7/h3-6,8H,1-2H3.